The van der Waals surface area contributed by atoms with Crippen molar-refractivity contribution in [2.75, 3.05) is 0 Å². The second-order valence-electron chi connectivity index (χ2n) is 5.42. The number of rotatable bonds is 5. The van der Waals surface area contributed by atoms with Gasteiger partial charge in [0.25, 0.3) is 11.6 Å². The number of nitro benzene ring substituents is 1. The second-order valence-corrected chi connectivity index (χ2v) is 5.42. The molecular weight excluding hydrogens is 298 g/mol. The van der Waals surface area contributed by atoms with E-state index in [1.54, 1.807) is 23.1 Å². The van der Waals surface area contributed by atoms with Crippen molar-refractivity contribution < 1.29 is 14.8 Å². The van der Waals surface area contributed by atoms with Gasteiger partial charge in [0.2, 0.25) is 0 Å². The molecule has 0 spiro atoms. The van der Waals surface area contributed by atoms with E-state index in [4.69, 9.17) is 0 Å². The Morgan fingerprint density at radius 3 is 2.70 bits per heavy atom. The molecule has 1 aromatic heterocycles. The van der Waals surface area contributed by atoms with Gasteiger partial charge in [0.1, 0.15) is 5.75 Å². The van der Waals surface area contributed by atoms with Gasteiger partial charge in [0, 0.05) is 23.9 Å². The topological polar surface area (TPSA) is 96.6 Å². The van der Waals surface area contributed by atoms with Crippen LogP contribution in [0, 0.1) is 10.1 Å². The fourth-order valence-corrected chi connectivity index (χ4v) is 2.46. The fourth-order valence-electron chi connectivity index (χ4n) is 2.46. The molecule has 1 aromatic carbocycles. The molecule has 0 atom stereocenters. The van der Waals surface area contributed by atoms with Crippen LogP contribution in [0.5, 0.6) is 5.75 Å². The Hall–Kier alpha value is -2.96. The quantitative estimate of drug-likeness (QED) is 0.675. The number of para-hydroxylation sites is 1. The number of pyridine rings is 1. The van der Waals surface area contributed by atoms with E-state index in [1.165, 1.54) is 24.4 Å². The molecule has 1 N–H and O–H groups in total. The van der Waals surface area contributed by atoms with Gasteiger partial charge in [-0.15, -0.1) is 0 Å². The lowest BCUT2D eigenvalue weighted by atomic mass is 10.1. The molecule has 0 bridgehead atoms. The van der Waals surface area contributed by atoms with Crippen LogP contribution >= 0.6 is 0 Å². The highest BCUT2D eigenvalue weighted by atomic mass is 16.6. The summed E-state index contributed by atoms with van der Waals surface area (Å²) < 4.78 is 0. The minimum absolute atomic E-state index is 0.0174. The predicted octanol–water partition coefficient (Wildman–Crippen LogP) is 2.50. The van der Waals surface area contributed by atoms with Crippen LogP contribution in [0.1, 0.15) is 28.9 Å². The van der Waals surface area contributed by atoms with Crippen LogP contribution in [0.4, 0.5) is 5.69 Å². The summed E-state index contributed by atoms with van der Waals surface area (Å²) >= 11 is 0. The predicted molar refractivity (Wildman–Crippen MR) is 81.9 cm³/mol. The number of aromatic hydroxyl groups is 1. The summed E-state index contributed by atoms with van der Waals surface area (Å²) in [5.74, 6) is -0.602. The Morgan fingerprint density at radius 2 is 2.04 bits per heavy atom. The van der Waals surface area contributed by atoms with E-state index in [1.807, 2.05) is 0 Å². The van der Waals surface area contributed by atoms with E-state index >= 15 is 0 Å². The normalized spacial score (nSPS) is 13.6. The molecule has 1 heterocycles. The van der Waals surface area contributed by atoms with Crippen LogP contribution in [0.3, 0.4) is 0 Å². The molecule has 0 unspecified atom stereocenters. The number of nitro groups is 1. The molecule has 0 saturated heterocycles. The molecular formula is C16H15N3O4. The third kappa shape index (κ3) is 3.13. The van der Waals surface area contributed by atoms with Crippen molar-refractivity contribution in [2.45, 2.75) is 25.4 Å². The maximum Gasteiger partial charge on any atom is 0.276 e. The summed E-state index contributed by atoms with van der Waals surface area (Å²) in [6.45, 7) is 0.122. The van der Waals surface area contributed by atoms with Crippen molar-refractivity contribution >= 4 is 11.6 Å². The maximum atomic E-state index is 12.7. The van der Waals surface area contributed by atoms with Gasteiger partial charge in [-0.1, -0.05) is 18.2 Å². The smallest absolute Gasteiger partial charge is 0.276 e. The molecule has 0 radical (unpaired) electrons. The molecule has 1 aliphatic rings. The Bertz CT molecular complexity index is 758. The lowest BCUT2D eigenvalue weighted by Crippen LogP contribution is -2.33. The summed E-state index contributed by atoms with van der Waals surface area (Å²) in [5.41, 5.74) is 0.419. The summed E-state index contributed by atoms with van der Waals surface area (Å²) in [6.07, 6.45) is 3.13. The summed E-state index contributed by atoms with van der Waals surface area (Å²) in [7, 11) is 0. The molecule has 1 fully saturated rings. The molecule has 23 heavy (non-hydrogen) atoms. The van der Waals surface area contributed by atoms with Crippen molar-refractivity contribution in [3.05, 3.63) is 64.0 Å². The van der Waals surface area contributed by atoms with Gasteiger partial charge in [-0.05, 0) is 25.0 Å². The van der Waals surface area contributed by atoms with E-state index in [9.17, 15) is 20.0 Å². The Labute approximate surface area is 132 Å². The summed E-state index contributed by atoms with van der Waals surface area (Å²) in [5, 5.41) is 21.0. The maximum absolute atomic E-state index is 12.7. The van der Waals surface area contributed by atoms with Crippen molar-refractivity contribution in [1.29, 1.82) is 0 Å². The van der Waals surface area contributed by atoms with Crippen LogP contribution in [0.15, 0.2) is 42.6 Å². The number of aromatic nitrogens is 1. The number of nitrogens with zero attached hydrogens (tertiary/aromatic N) is 3. The van der Waals surface area contributed by atoms with Gasteiger partial charge in [-0.25, -0.2) is 4.98 Å². The molecule has 118 valence electrons. The third-order valence-electron chi connectivity index (χ3n) is 3.77. The van der Waals surface area contributed by atoms with Crippen molar-refractivity contribution in [2.24, 2.45) is 0 Å². The highest BCUT2D eigenvalue weighted by Crippen LogP contribution is 2.32. The molecule has 2 aromatic rings. The van der Waals surface area contributed by atoms with Gasteiger partial charge in [0.15, 0.2) is 5.69 Å². The molecule has 1 aliphatic carbocycles. The molecule has 7 nitrogen and oxygen atoms in total. The standard InChI is InChI=1S/C16H15N3O4/c20-14-6-3-9-17-15(14)16(21)18(12-7-8-12)10-11-4-1-2-5-13(11)19(22)23/h1-6,9,12,20H,7-8,10H2. The van der Waals surface area contributed by atoms with Gasteiger partial charge in [-0.3, -0.25) is 14.9 Å². The van der Waals surface area contributed by atoms with Crippen LogP contribution in [-0.4, -0.2) is 31.9 Å². The van der Waals surface area contributed by atoms with Crippen molar-refractivity contribution in [3.8, 4) is 5.75 Å². The number of carbonyl (C=O) groups excluding carboxylic acids is 1. The van der Waals surface area contributed by atoms with Crippen molar-refractivity contribution in [1.82, 2.24) is 9.88 Å². The van der Waals surface area contributed by atoms with E-state index in [-0.39, 0.29) is 29.7 Å². The van der Waals surface area contributed by atoms with Crippen LogP contribution in [-0.2, 0) is 6.54 Å². The minimum atomic E-state index is -0.455. The molecule has 3 rings (SSSR count). The zero-order valence-electron chi connectivity index (χ0n) is 12.3. The monoisotopic (exact) mass is 313 g/mol. The van der Waals surface area contributed by atoms with Crippen LogP contribution in [0.25, 0.3) is 0 Å². The van der Waals surface area contributed by atoms with Gasteiger partial charge < -0.3 is 10.0 Å². The Kier molecular flexibility index (Phi) is 3.92. The first-order chi connectivity index (χ1) is 11.1. The van der Waals surface area contributed by atoms with Gasteiger partial charge in [0.05, 0.1) is 11.5 Å². The van der Waals surface area contributed by atoms with Crippen molar-refractivity contribution in [3.63, 3.8) is 0 Å². The first-order valence-corrected chi connectivity index (χ1v) is 7.25. The fraction of sp³-hybridized carbons (Fsp3) is 0.250. The lowest BCUT2D eigenvalue weighted by Gasteiger charge is -2.22. The Morgan fingerprint density at radius 1 is 1.30 bits per heavy atom. The van der Waals surface area contributed by atoms with E-state index < -0.39 is 10.8 Å². The van der Waals surface area contributed by atoms with Crippen LogP contribution in [0.2, 0.25) is 0 Å². The number of carbonyl (C=O) groups is 1. The number of amides is 1. The summed E-state index contributed by atoms with van der Waals surface area (Å²) in [4.78, 5) is 28.8. The highest BCUT2D eigenvalue weighted by molar-refractivity contribution is 5.95. The lowest BCUT2D eigenvalue weighted by molar-refractivity contribution is -0.385. The molecule has 1 amide bonds. The van der Waals surface area contributed by atoms with E-state index in [0.29, 0.717) is 5.56 Å². The van der Waals surface area contributed by atoms with Crippen LogP contribution < -0.4 is 0 Å². The Balaban J connectivity index is 1.91. The second kappa shape index (κ2) is 6.04. The zero-order valence-corrected chi connectivity index (χ0v) is 12.3. The first kappa shape index (κ1) is 15.0. The molecule has 0 aliphatic heterocycles. The number of hydrogen-bond acceptors (Lipinski definition) is 5. The van der Waals surface area contributed by atoms with Gasteiger partial charge >= 0.3 is 0 Å². The SMILES string of the molecule is O=C(c1ncccc1O)N(Cc1ccccc1[N+](=O)[O-])C1CC1. The number of benzene rings is 1. The average molecular weight is 313 g/mol. The largest absolute Gasteiger partial charge is 0.505 e. The third-order valence-corrected chi connectivity index (χ3v) is 3.77. The summed E-state index contributed by atoms with van der Waals surface area (Å²) in [6, 6.07) is 9.32. The zero-order chi connectivity index (χ0) is 16.4. The van der Waals surface area contributed by atoms with Gasteiger partial charge in [-0.2, -0.15) is 0 Å². The van der Waals surface area contributed by atoms with E-state index in [2.05, 4.69) is 4.98 Å². The van der Waals surface area contributed by atoms with E-state index in [0.717, 1.165) is 12.8 Å². The molecule has 1 saturated carbocycles. The number of hydrogen-bond donors (Lipinski definition) is 1. The minimum Gasteiger partial charge on any atom is -0.505 e. The molecule has 7 heteroatoms. The highest BCUT2D eigenvalue weighted by Gasteiger charge is 2.35. The first-order valence-electron chi connectivity index (χ1n) is 7.25. The average Bonchev–Trinajstić information content (AvgIpc) is 3.37.